The molecule has 0 aromatic heterocycles. The van der Waals surface area contributed by atoms with Crippen LogP contribution < -0.4 is 5.32 Å². The van der Waals surface area contributed by atoms with E-state index in [2.05, 4.69) is 11.4 Å². The van der Waals surface area contributed by atoms with E-state index in [9.17, 15) is 14.4 Å². The topological polar surface area (TPSA) is 71.7 Å². The fraction of sp³-hybridized carbons (Fsp3) is 0.138. The molecular weight excluding hydrogens is 517 g/mol. The zero-order valence-corrected chi connectivity index (χ0v) is 22.4. The third-order valence-corrected chi connectivity index (χ3v) is 8.28. The van der Waals surface area contributed by atoms with Crippen molar-refractivity contribution in [2.24, 2.45) is 4.99 Å². The molecule has 2 aliphatic rings. The second-order valence-electron chi connectivity index (χ2n) is 8.57. The number of nitriles is 1. The minimum absolute atomic E-state index is 0.137. The van der Waals surface area contributed by atoms with Crippen LogP contribution in [0.5, 0.6) is 0 Å². The quantitative estimate of drug-likeness (QED) is 0.349. The Hall–Kier alpha value is -4.00. The normalized spacial score (nSPS) is 18.2. The minimum Gasteiger partial charge on any atom is -0.384 e. The van der Waals surface area contributed by atoms with E-state index in [1.165, 1.54) is 35.7 Å². The molecule has 1 fully saturated rings. The Morgan fingerprint density at radius 2 is 1.84 bits per heavy atom. The van der Waals surface area contributed by atoms with Crippen molar-refractivity contribution in [1.82, 2.24) is 9.80 Å². The van der Waals surface area contributed by atoms with Gasteiger partial charge in [-0.2, -0.15) is 5.26 Å². The van der Waals surface area contributed by atoms with Crippen LogP contribution in [0.25, 0.3) is 5.70 Å². The molecule has 0 unspecified atom stereocenters. The zero-order valence-electron chi connectivity index (χ0n) is 20.8. The molecule has 3 aromatic carbocycles. The molecule has 0 atom stereocenters. The van der Waals surface area contributed by atoms with Gasteiger partial charge in [0.15, 0.2) is 5.17 Å². The van der Waals surface area contributed by atoms with Crippen molar-refractivity contribution in [3.05, 3.63) is 111 Å². The van der Waals surface area contributed by atoms with Crippen LogP contribution in [0.15, 0.2) is 93.1 Å². The van der Waals surface area contributed by atoms with E-state index in [0.717, 1.165) is 27.5 Å². The highest BCUT2D eigenvalue weighted by Crippen LogP contribution is 2.46. The molecule has 2 heterocycles. The maximum atomic E-state index is 13.9. The van der Waals surface area contributed by atoms with Crippen LogP contribution in [-0.2, 0) is 11.3 Å². The Morgan fingerprint density at radius 3 is 2.55 bits per heavy atom. The van der Waals surface area contributed by atoms with Crippen LogP contribution in [0.4, 0.5) is 15.8 Å². The molecule has 0 bridgehead atoms. The van der Waals surface area contributed by atoms with Crippen molar-refractivity contribution < 1.29 is 9.18 Å². The summed E-state index contributed by atoms with van der Waals surface area (Å²) in [5.74, 6) is -0.431. The molecule has 9 heteroatoms. The maximum Gasteiger partial charge on any atom is 0.269 e. The molecule has 6 nitrogen and oxygen atoms in total. The number of hydrogen-bond acceptors (Lipinski definition) is 7. The van der Waals surface area contributed by atoms with Gasteiger partial charge >= 0.3 is 0 Å². The summed E-state index contributed by atoms with van der Waals surface area (Å²) in [7, 11) is 1.90. The van der Waals surface area contributed by atoms with E-state index in [1.807, 2.05) is 60.7 Å². The third kappa shape index (κ3) is 5.19. The molecule has 0 spiro atoms. The lowest BCUT2D eigenvalue weighted by atomic mass is 10.1. The van der Waals surface area contributed by atoms with E-state index in [0.29, 0.717) is 34.4 Å². The van der Waals surface area contributed by atoms with Crippen LogP contribution >= 0.6 is 23.5 Å². The summed E-state index contributed by atoms with van der Waals surface area (Å²) >= 11 is 2.79. The second kappa shape index (κ2) is 11.2. The first-order valence-corrected chi connectivity index (χ1v) is 13.7. The molecule has 190 valence electrons. The predicted molar refractivity (Wildman–Crippen MR) is 154 cm³/mol. The smallest absolute Gasteiger partial charge is 0.269 e. The highest BCUT2D eigenvalue weighted by atomic mass is 32.2. The van der Waals surface area contributed by atoms with Crippen molar-refractivity contribution in [2.75, 3.05) is 18.9 Å². The number of benzene rings is 3. The molecule has 0 aliphatic carbocycles. The first-order valence-electron chi connectivity index (χ1n) is 12.0. The number of nitrogens with zero attached hydrogens (tertiary/aromatic N) is 4. The van der Waals surface area contributed by atoms with Gasteiger partial charge in [-0.3, -0.25) is 9.69 Å². The monoisotopic (exact) mass is 541 g/mol. The van der Waals surface area contributed by atoms with Crippen molar-refractivity contribution in [1.29, 1.82) is 5.26 Å². The van der Waals surface area contributed by atoms with Crippen LogP contribution in [0.2, 0.25) is 0 Å². The van der Waals surface area contributed by atoms with Gasteiger partial charge in [0.05, 0.1) is 40.3 Å². The first kappa shape index (κ1) is 25.6. The average Bonchev–Trinajstić information content (AvgIpc) is 3.45. The molecule has 1 N–H and O–H groups in total. The van der Waals surface area contributed by atoms with Gasteiger partial charge in [-0.05, 0) is 72.3 Å². The number of halogens is 1. The summed E-state index contributed by atoms with van der Waals surface area (Å²) in [6.07, 6.45) is 0. The molecule has 38 heavy (non-hydrogen) atoms. The van der Waals surface area contributed by atoms with Crippen LogP contribution in [0, 0.1) is 17.1 Å². The van der Waals surface area contributed by atoms with Crippen LogP contribution in [0.1, 0.15) is 23.6 Å². The molecule has 3 aromatic rings. The van der Waals surface area contributed by atoms with E-state index in [1.54, 1.807) is 29.2 Å². The average molecular weight is 542 g/mol. The molecular formula is C29H24FN5OS2. The summed E-state index contributed by atoms with van der Waals surface area (Å²) in [5, 5.41) is 16.0. The van der Waals surface area contributed by atoms with E-state index >= 15 is 0 Å². The highest BCUT2D eigenvalue weighted by Gasteiger charge is 2.38. The lowest BCUT2D eigenvalue weighted by Crippen LogP contribution is -2.29. The molecule has 0 radical (unpaired) electrons. The molecule has 0 saturated carbocycles. The number of amides is 1. The second-order valence-corrected chi connectivity index (χ2v) is 10.4. The van der Waals surface area contributed by atoms with Crippen molar-refractivity contribution >= 4 is 51.7 Å². The Balaban J connectivity index is 1.55. The lowest BCUT2D eigenvalue weighted by Gasteiger charge is -2.19. The van der Waals surface area contributed by atoms with Gasteiger partial charge < -0.3 is 10.2 Å². The van der Waals surface area contributed by atoms with Gasteiger partial charge in [-0.25, -0.2) is 9.38 Å². The largest absolute Gasteiger partial charge is 0.384 e. The maximum absolute atomic E-state index is 13.9. The fourth-order valence-corrected chi connectivity index (χ4v) is 6.37. The number of nitrogens with one attached hydrogen (secondary N) is 1. The standard InChI is InChI=1S/C29H24FN5OS2/c1-3-32-23-14-9-20(16-31)15-24(23)33-29-35(17-19-7-5-4-6-8-19)27(36)26(38-29)28-34(2)25(18-37-28)21-10-12-22(30)13-11-21/h4-15,18,32H,3,17H2,1-2H3/b28-26-,33-29+. The van der Waals surface area contributed by atoms with Gasteiger partial charge in [0.2, 0.25) is 0 Å². The van der Waals surface area contributed by atoms with Crippen molar-refractivity contribution in [3.8, 4) is 6.07 Å². The SMILES string of the molecule is CCNc1ccc(C#N)cc1/N=C1/S/C(=C2\SC=C(c3ccc(F)cc3)N2C)C(=O)N1Cc1ccccc1. The van der Waals surface area contributed by atoms with E-state index < -0.39 is 0 Å². The highest BCUT2D eigenvalue weighted by molar-refractivity contribution is 8.19. The number of anilines is 1. The minimum atomic E-state index is -0.294. The molecule has 2 aliphatic heterocycles. The number of carbonyl (C=O) groups is 1. The van der Waals surface area contributed by atoms with E-state index in [4.69, 9.17) is 4.99 Å². The van der Waals surface area contributed by atoms with Gasteiger partial charge in [0.1, 0.15) is 10.7 Å². The summed E-state index contributed by atoms with van der Waals surface area (Å²) < 4.78 is 13.5. The fourth-order valence-electron chi connectivity index (χ4n) is 4.13. The van der Waals surface area contributed by atoms with Gasteiger partial charge in [0.25, 0.3) is 5.91 Å². The van der Waals surface area contributed by atoms with Gasteiger partial charge in [-0.15, -0.1) is 0 Å². The Bertz CT molecular complexity index is 1510. The number of thioether (sulfide) groups is 2. The zero-order chi connectivity index (χ0) is 26.6. The lowest BCUT2D eigenvalue weighted by molar-refractivity contribution is -0.122. The molecule has 1 saturated heterocycles. The Labute approximate surface area is 229 Å². The van der Waals surface area contributed by atoms with Crippen LogP contribution in [-0.4, -0.2) is 34.5 Å². The summed E-state index contributed by atoms with van der Waals surface area (Å²) in [6, 6.07) is 23.6. The van der Waals surface area contributed by atoms with E-state index in [-0.39, 0.29) is 11.7 Å². The summed E-state index contributed by atoms with van der Waals surface area (Å²) in [5.41, 5.74) is 4.63. The molecule has 1 amide bonds. The number of aliphatic imine (C=N–C) groups is 1. The van der Waals surface area contributed by atoms with Crippen molar-refractivity contribution in [3.63, 3.8) is 0 Å². The van der Waals surface area contributed by atoms with Gasteiger partial charge in [-0.1, -0.05) is 42.1 Å². The predicted octanol–water partition coefficient (Wildman–Crippen LogP) is 6.74. The summed E-state index contributed by atoms with van der Waals surface area (Å²) in [4.78, 5) is 23.0. The third-order valence-electron chi connectivity index (χ3n) is 6.04. The number of hydrogen-bond donors (Lipinski definition) is 1. The number of amidine groups is 1. The van der Waals surface area contributed by atoms with Gasteiger partial charge in [0, 0.05) is 19.0 Å². The number of rotatable bonds is 6. The molecule has 5 rings (SSSR count). The van der Waals surface area contributed by atoms with Crippen molar-refractivity contribution in [2.45, 2.75) is 13.5 Å². The number of carbonyl (C=O) groups excluding carboxylic acids is 1. The Kier molecular flexibility index (Phi) is 7.54. The Morgan fingerprint density at radius 1 is 1.08 bits per heavy atom. The first-order chi connectivity index (χ1) is 18.5. The van der Waals surface area contributed by atoms with Crippen LogP contribution in [0.3, 0.4) is 0 Å². The summed E-state index contributed by atoms with van der Waals surface area (Å²) in [6.45, 7) is 3.05.